The number of likely N-dealkylation sites (N-methyl/N-ethyl adjacent to an activating group) is 1. The molecule has 0 saturated heterocycles. The third-order valence-corrected chi connectivity index (χ3v) is 4.90. The third kappa shape index (κ3) is 1.70. The van der Waals surface area contributed by atoms with Crippen LogP contribution in [0.2, 0.25) is 0 Å². The fourth-order valence-corrected chi connectivity index (χ4v) is 3.89. The van der Waals surface area contributed by atoms with Crippen LogP contribution >= 0.6 is 0 Å². The molecule has 1 aromatic carbocycles. The maximum Gasteiger partial charge on any atom is 0.182 e. The van der Waals surface area contributed by atoms with E-state index in [4.69, 9.17) is 5.73 Å². The van der Waals surface area contributed by atoms with E-state index in [2.05, 4.69) is 0 Å². The minimum Gasteiger partial charge on any atom is -0.368 e. The molecule has 16 heavy (non-hydrogen) atoms. The van der Waals surface area contributed by atoms with Gasteiger partial charge < -0.3 is 10.6 Å². The molecular formula is C11H16N2O2S. The van der Waals surface area contributed by atoms with Crippen molar-refractivity contribution in [1.82, 2.24) is 0 Å². The van der Waals surface area contributed by atoms with Gasteiger partial charge in [0.2, 0.25) is 0 Å². The molecule has 0 spiro atoms. The van der Waals surface area contributed by atoms with Gasteiger partial charge in [-0.3, -0.25) is 0 Å². The number of aryl methyl sites for hydroxylation is 1. The molecular weight excluding hydrogens is 224 g/mol. The molecule has 1 unspecified atom stereocenters. The highest BCUT2D eigenvalue weighted by molar-refractivity contribution is 7.91. The Hall–Kier alpha value is -1.07. The molecule has 0 saturated carbocycles. The second kappa shape index (κ2) is 3.75. The van der Waals surface area contributed by atoms with Crippen molar-refractivity contribution in [2.45, 2.75) is 17.9 Å². The number of hydrogen-bond acceptors (Lipinski definition) is 4. The molecule has 1 aliphatic rings. The molecule has 1 aliphatic heterocycles. The summed E-state index contributed by atoms with van der Waals surface area (Å²) in [5.41, 5.74) is 7.42. The second-order valence-corrected chi connectivity index (χ2v) is 6.26. The summed E-state index contributed by atoms with van der Waals surface area (Å²) in [7, 11) is -1.28. The quantitative estimate of drug-likeness (QED) is 0.778. The largest absolute Gasteiger partial charge is 0.368 e. The Morgan fingerprint density at radius 1 is 1.50 bits per heavy atom. The van der Waals surface area contributed by atoms with Crippen LogP contribution < -0.4 is 10.6 Å². The Balaban J connectivity index is 2.63. The number of rotatable bonds is 1. The van der Waals surface area contributed by atoms with E-state index in [1.807, 2.05) is 31.0 Å². The van der Waals surface area contributed by atoms with Crippen molar-refractivity contribution in [2.75, 3.05) is 24.2 Å². The summed E-state index contributed by atoms with van der Waals surface area (Å²) in [6.07, 6.45) is 0. The van der Waals surface area contributed by atoms with E-state index in [-0.39, 0.29) is 11.8 Å². The number of sulfone groups is 1. The smallest absolute Gasteiger partial charge is 0.182 e. The van der Waals surface area contributed by atoms with E-state index in [0.29, 0.717) is 11.4 Å². The van der Waals surface area contributed by atoms with Gasteiger partial charge in [0, 0.05) is 13.6 Å². The van der Waals surface area contributed by atoms with Crippen molar-refractivity contribution < 1.29 is 8.42 Å². The van der Waals surface area contributed by atoms with Gasteiger partial charge in [-0.05, 0) is 24.6 Å². The maximum atomic E-state index is 12.0. The second-order valence-electron chi connectivity index (χ2n) is 4.25. The summed E-state index contributed by atoms with van der Waals surface area (Å²) < 4.78 is 24.0. The monoisotopic (exact) mass is 240 g/mol. The minimum absolute atomic E-state index is 0.107. The molecule has 4 nitrogen and oxygen atoms in total. The van der Waals surface area contributed by atoms with Crippen LogP contribution in [0.4, 0.5) is 5.69 Å². The van der Waals surface area contributed by atoms with E-state index >= 15 is 0 Å². The fraction of sp³-hybridized carbons (Fsp3) is 0.455. The van der Waals surface area contributed by atoms with E-state index in [1.165, 1.54) is 0 Å². The van der Waals surface area contributed by atoms with E-state index in [0.717, 1.165) is 11.3 Å². The minimum atomic E-state index is -3.17. The average Bonchev–Trinajstić information content (AvgIpc) is 2.23. The predicted molar refractivity (Wildman–Crippen MR) is 64.5 cm³/mol. The first-order valence-corrected chi connectivity index (χ1v) is 6.87. The number of hydrogen-bond donors (Lipinski definition) is 1. The van der Waals surface area contributed by atoms with Crippen LogP contribution in [0.25, 0.3) is 0 Å². The van der Waals surface area contributed by atoms with E-state index in [9.17, 15) is 8.42 Å². The molecule has 0 bridgehead atoms. The van der Waals surface area contributed by atoms with Crippen molar-refractivity contribution in [1.29, 1.82) is 0 Å². The summed E-state index contributed by atoms with van der Waals surface area (Å²) >= 11 is 0. The van der Waals surface area contributed by atoms with Crippen LogP contribution in [-0.4, -0.2) is 33.8 Å². The third-order valence-electron chi connectivity index (χ3n) is 3.06. The highest BCUT2D eigenvalue weighted by atomic mass is 32.2. The SMILES string of the molecule is Cc1ccc2c(c1)N(C)C(CN)CS2(=O)=O. The van der Waals surface area contributed by atoms with Crippen LogP contribution in [0.1, 0.15) is 5.56 Å². The van der Waals surface area contributed by atoms with Crippen molar-refractivity contribution in [2.24, 2.45) is 5.73 Å². The van der Waals surface area contributed by atoms with E-state index < -0.39 is 9.84 Å². The van der Waals surface area contributed by atoms with Crippen LogP contribution in [0.5, 0.6) is 0 Å². The zero-order valence-corrected chi connectivity index (χ0v) is 10.3. The Bertz CT molecular complexity index is 511. The topological polar surface area (TPSA) is 63.4 Å². The van der Waals surface area contributed by atoms with Crippen LogP contribution in [0, 0.1) is 6.92 Å². The van der Waals surface area contributed by atoms with Crippen LogP contribution in [0.3, 0.4) is 0 Å². The summed E-state index contributed by atoms with van der Waals surface area (Å²) in [6.45, 7) is 2.30. The maximum absolute atomic E-state index is 12.0. The Labute approximate surface area is 96.0 Å². The number of nitrogens with zero attached hydrogens (tertiary/aromatic N) is 1. The Morgan fingerprint density at radius 3 is 2.81 bits per heavy atom. The van der Waals surface area contributed by atoms with Crippen LogP contribution in [0.15, 0.2) is 23.1 Å². The lowest BCUT2D eigenvalue weighted by Gasteiger charge is -2.35. The molecule has 0 radical (unpaired) electrons. The number of fused-ring (bicyclic) bond motifs is 1. The first-order valence-electron chi connectivity index (χ1n) is 5.22. The molecule has 88 valence electrons. The van der Waals surface area contributed by atoms with Gasteiger partial charge in [-0.25, -0.2) is 8.42 Å². The molecule has 1 aromatic rings. The molecule has 1 atom stereocenters. The summed E-state index contributed by atoms with van der Waals surface area (Å²) in [4.78, 5) is 2.38. The Morgan fingerprint density at radius 2 is 2.19 bits per heavy atom. The van der Waals surface area contributed by atoms with Crippen molar-refractivity contribution in [3.63, 3.8) is 0 Å². The van der Waals surface area contributed by atoms with Crippen molar-refractivity contribution >= 4 is 15.5 Å². The molecule has 2 rings (SSSR count). The summed E-state index contributed by atoms with van der Waals surface area (Å²) in [5, 5.41) is 0. The first-order chi connectivity index (χ1) is 7.45. The van der Waals surface area contributed by atoms with Gasteiger partial charge in [0.05, 0.1) is 22.4 Å². The van der Waals surface area contributed by atoms with Crippen molar-refractivity contribution in [3.8, 4) is 0 Å². The van der Waals surface area contributed by atoms with Gasteiger partial charge in [0.15, 0.2) is 9.84 Å². The predicted octanol–water partition coefficient (Wildman–Crippen LogP) is 0.546. The summed E-state index contributed by atoms with van der Waals surface area (Å²) in [6, 6.07) is 5.28. The average molecular weight is 240 g/mol. The van der Waals surface area contributed by atoms with Gasteiger partial charge in [0.25, 0.3) is 0 Å². The fourth-order valence-electron chi connectivity index (χ4n) is 2.04. The zero-order chi connectivity index (χ0) is 11.9. The highest BCUT2D eigenvalue weighted by Crippen LogP contribution is 2.32. The number of nitrogens with two attached hydrogens (primary N) is 1. The standard InChI is InChI=1S/C11H16N2O2S/c1-8-3-4-11-10(5-8)13(2)9(6-12)7-16(11,14)15/h3-5,9H,6-7,12H2,1-2H3. The van der Waals surface area contributed by atoms with Gasteiger partial charge in [-0.2, -0.15) is 0 Å². The molecule has 2 N–H and O–H groups in total. The number of anilines is 1. The van der Waals surface area contributed by atoms with Crippen molar-refractivity contribution in [3.05, 3.63) is 23.8 Å². The molecule has 0 fully saturated rings. The Kier molecular flexibility index (Phi) is 2.67. The summed E-state index contributed by atoms with van der Waals surface area (Å²) in [5.74, 6) is 0.107. The lowest BCUT2D eigenvalue weighted by Crippen LogP contribution is -2.46. The van der Waals surface area contributed by atoms with Gasteiger partial charge in [0.1, 0.15) is 0 Å². The molecule has 0 aromatic heterocycles. The number of benzene rings is 1. The molecule has 0 amide bonds. The lowest BCUT2D eigenvalue weighted by molar-refractivity contribution is 0.573. The van der Waals surface area contributed by atoms with Crippen LogP contribution in [-0.2, 0) is 9.84 Å². The molecule has 0 aliphatic carbocycles. The van der Waals surface area contributed by atoms with Gasteiger partial charge in [-0.1, -0.05) is 6.07 Å². The highest BCUT2D eigenvalue weighted by Gasteiger charge is 2.32. The molecule has 1 heterocycles. The van der Waals surface area contributed by atoms with Gasteiger partial charge >= 0.3 is 0 Å². The lowest BCUT2D eigenvalue weighted by atomic mass is 10.2. The molecule has 5 heteroatoms. The zero-order valence-electron chi connectivity index (χ0n) is 9.47. The first kappa shape index (κ1) is 11.4. The normalized spacial score (nSPS) is 22.9. The van der Waals surface area contributed by atoms with E-state index in [1.54, 1.807) is 6.07 Å². The van der Waals surface area contributed by atoms with Gasteiger partial charge in [-0.15, -0.1) is 0 Å².